The van der Waals surface area contributed by atoms with E-state index in [1.165, 1.54) is 11.8 Å². The number of hydrogen-bond donors (Lipinski definition) is 1. The summed E-state index contributed by atoms with van der Waals surface area (Å²) in [5.74, 6) is 1.37. The zero-order valence-electron chi connectivity index (χ0n) is 15.4. The highest BCUT2D eigenvalue weighted by atomic mass is 32.2. The van der Waals surface area contributed by atoms with Gasteiger partial charge in [-0.05, 0) is 36.4 Å². The maximum Gasteiger partial charge on any atom is 0.316 e. The monoisotopic (exact) mass is 403 g/mol. The summed E-state index contributed by atoms with van der Waals surface area (Å²) in [6.45, 7) is 0.285. The molecule has 0 aliphatic carbocycles. The van der Waals surface area contributed by atoms with Gasteiger partial charge in [0.05, 0.1) is 19.4 Å². The Morgan fingerprint density at radius 1 is 1.14 bits per heavy atom. The van der Waals surface area contributed by atoms with Crippen LogP contribution in [0.15, 0.2) is 53.4 Å². The zero-order chi connectivity index (χ0) is 19.8. The summed E-state index contributed by atoms with van der Waals surface area (Å²) in [7, 11) is 1.59. The van der Waals surface area contributed by atoms with Gasteiger partial charge in [0.25, 0.3) is 5.91 Å². The molecule has 2 aromatic carbocycles. The molecule has 0 unspecified atom stereocenters. The van der Waals surface area contributed by atoms with Crippen LogP contribution in [0.25, 0.3) is 0 Å². The smallest absolute Gasteiger partial charge is 0.316 e. The summed E-state index contributed by atoms with van der Waals surface area (Å²) in [6, 6.07) is 14.7. The van der Waals surface area contributed by atoms with Gasteiger partial charge in [-0.1, -0.05) is 12.1 Å². The fourth-order valence-corrected chi connectivity index (χ4v) is 3.14. The van der Waals surface area contributed by atoms with Gasteiger partial charge in [0, 0.05) is 4.90 Å². The molecule has 28 heavy (non-hydrogen) atoms. The van der Waals surface area contributed by atoms with Crippen LogP contribution in [0.4, 0.5) is 0 Å². The van der Waals surface area contributed by atoms with E-state index < -0.39 is 5.97 Å². The van der Waals surface area contributed by atoms with E-state index in [1.807, 2.05) is 48.5 Å². The Morgan fingerprint density at radius 3 is 2.64 bits per heavy atom. The van der Waals surface area contributed by atoms with Gasteiger partial charge >= 0.3 is 5.97 Å². The number of thioether (sulfide) groups is 1. The van der Waals surface area contributed by atoms with Crippen molar-refractivity contribution in [3.8, 4) is 17.2 Å². The van der Waals surface area contributed by atoms with E-state index in [1.54, 1.807) is 7.11 Å². The number of methoxy groups -OCH3 is 1. The van der Waals surface area contributed by atoms with Crippen LogP contribution >= 0.6 is 11.8 Å². The summed E-state index contributed by atoms with van der Waals surface area (Å²) < 4.78 is 21.4. The number of carbonyl (C=O) groups excluding carboxylic acids is 2. The highest BCUT2D eigenvalue weighted by Gasteiger charge is 2.21. The summed E-state index contributed by atoms with van der Waals surface area (Å²) in [5.41, 5.74) is 0. The lowest BCUT2D eigenvalue weighted by molar-refractivity contribution is -0.146. The van der Waals surface area contributed by atoms with E-state index in [0.29, 0.717) is 18.1 Å². The molecule has 7 nitrogen and oxygen atoms in total. The second-order valence-electron chi connectivity index (χ2n) is 5.93. The van der Waals surface area contributed by atoms with Gasteiger partial charge in [-0.2, -0.15) is 0 Å². The fraction of sp³-hybridized carbons (Fsp3) is 0.300. The van der Waals surface area contributed by atoms with Crippen molar-refractivity contribution in [1.29, 1.82) is 0 Å². The Balaban J connectivity index is 1.32. The first-order valence-electron chi connectivity index (χ1n) is 8.71. The molecule has 1 aliphatic rings. The van der Waals surface area contributed by atoms with E-state index in [9.17, 15) is 9.59 Å². The average molecular weight is 403 g/mol. The lowest BCUT2D eigenvalue weighted by Crippen LogP contribution is -2.42. The van der Waals surface area contributed by atoms with E-state index in [-0.39, 0.29) is 30.9 Å². The number of ether oxygens (including phenoxy) is 4. The van der Waals surface area contributed by atoms with Crippen LogP contribution in [0, 0.1) is 0 Å². The predicted octanol–water partition coefficient (Wildman–Crippen LogP) is 2.29. The molecular formula is C20H21NO6S. The number of para-hydroxylation sites is 2. The molecule has 0 spiro atoms. The molecule has 1 amide bonds. The molecule has 0 fully saturated rings. The largest absolute Gasteiger partial charge is 0.497 e. The molecule has 2 aromatic rings. The molecule has 3 rings (SSSR count). The molecule has 1 heterocycles. The van der Waals surface area contributed by atoms with Gasteiger partial charge in [0.2, 0.25) is 0 Å². The Labute approximate surface area is 167 Å². The van der Waals surface area contributed by atoms with Crippen LogP contribution < -0.4 is 19.5 Å². The Kier molecular flexibility index (Phi) is 7.02. The molecule has 148 valence electrons. The van der Waals surface area contributed by atoms with Gasteiger partial charge in [-0.15, -0.1) is 11.8 Å². The Morgan fingerprint density at radius 2 is 1.89 bits per heavy atom. The van der Waals surface area contributed by atoms with Crippen LogP contribution in [0.2, 0.25) is 0 Å². The maximum atomic E-state index is 11.9. The molecule has 1 N–H and O–H groups in total. The summed E-state index contributed by atoms with van der Waals surface area (Å²) >= 11 is 1.33. The normalized spacial score (nSPS) is 14.8. The first-order chi connectivity index (χ1) is 13.6. The lowest BCUT2D eigenvalue weighted by Gasteiger charge is -2.26. The standard InChI is InChI=1S/C20H21NO6S/c1-24-14-6-8-16(9-7-14)28-13-20(23)26-12-19(22)21-10-15-11-25-17-4-2-3-5-18(17)27-15/h2-9,15H,10-13H2,1H3,(H,21,22)/t15-/m0/s1. The first kappa shape index (κ1) is 19.9. The third-order valence-corrected chi connectivity index (χ3v) is 4.86. The van der Waals surface area contributed by atoms with Gasteiger partial charge in [-0.25, -0.2) is 0 Å². The summed E-state index contributed by atoms with van der Waals surface area (Å²) in [5, 5.41) is 2.68. The number of esters is 1. The zero-order valence-corrected chi connectivity index (χ0v) is 16.2. The van der Waals surface area contributed by atoms with Gasteiger partial charge in [-0.3, -0.25) is 9.59 Å². The quantitative estimate of drug-likeness (QED) is 0.535. The number of amides is 1. The SMILES string of the molecule is COc1ccc(SCC(=O)OCC(=O)NC[C@H]2COc3ccccc3O2)cc1. The van der Waals surface area contributed by atoms with Gasteiger partial charge < -0.3 is 24.3 Å². The van der Waals surface area contributed by atoms with Crippen molar-refractivity contribution < 1.29 is 28.5 Å². The molecule has 1 aliphatic heterocycles. The number of fused-ring (bicyclic) bond motifs is 1. The number of rotatable bonds is 8. The molecule has 1 atom stereocenters. The third-order valence-electron chi connectivity index (χ3n) is 3.87. The molecular weight excluding hydrogens is 382 g/mol. The second kappa shape index (κ2) is 9.89. The maximum absolute atomic E-state index is 11.9. The minimum Gasteiger partial charge on any atom is -0.497 e. The van der Waals surface area contributed by atoms with Crippen LogP contribution in [0.1, 0.15) is 0 Å². The predicted molar refractivity (Wildman–Crippen MR) is 104 cm³/mol. The molecule has 0 aromatic heterocycles. The minimum atomic E-state index is -0.456. The number of nitrogens with one attached hydrogen (secondary N) is 1. The molecule has 0 bridgehead atoms. The highest BCUT2D eigenvalue weighted by molar-refractivity contribution is 8.00. The highest BCUT2D eigenvalue weighted by Crippen LogP contribution is 2.30. The molecule has 0 saturated heterocycles. The Bertz CT molecular complexity index is 811. The number of hydrogen-bond acceptors (Lipinski definition) is 7. The van der Waals surface area contributed by atoms with Crippen LogP contribution in [-0.4, -0.2) is 50.6 Å². The number of carbonyl (C=O) groups is 2. The first-order valence-corrected chi connectivity index (χ1v) is 9.70. The van der Waals surface area contributed by atoms with Crippen molar-refractivity contribution in [2.24, 2.45) is 0 Å². The minimum absolute atomic E-state index is 0.121. The lowest BCUT2D eigenvalue weighted by atomic mass is 10.2. The molecule has 8 heteroatoms. The van der Waals surface area contributed by atoms with Crippen molar-refractivity contribution in [2.75, 3.05) is 32.6 Å². The van der Waals surface area contributed by atoms with Crippen LogP contribution in [0.3, 0.4) is 0 Å². The Hall–Kier alpha value is -2.87. The molecule has 0 radical (unpaired) electrons. The van der Waals surface area contributed by atoms with Gasteiger partial charge in [0.1, 0.15) is 18.5 Å². The number of benzene rings is 2. The topological polar surface area (TPSA) is 83.1 Å². The van der Waals surface area contributed by atoms with Crippen LogP contribution in [0.5, 0.6) is 17.2 Å². The van der Waals surface area contributed by atoms with E-state index >= 15 is 0 Å². The summed E-state index contributed by atoms with van der Waals surface area (Å²) in [6.07, 6.45) is -0.292. The molecule has 0 saturated carbocycles. The summed E-state index contributed by atoms with van der Waals surface area (Å²) in [4.78, 5) is 24.6. The van der Waals surface area contributed by atoms with Gasteiger partial charge in [0.15, 0.2) is 18.1 Å². The van der Waals surface area contributed by atoms with Crippen molar-refractivity contribution >= 4 is 23.6 Å². The van der Waals surface area contributed by atoms with Crippen molar-refractivity contribution in [1.82, 2.24) is 5.32 Å². The average Bonchev–Trinajstić information content (AvgIpc) is 2.75. The van der Waals surface area contributed by atoms with Crippen molar-refractivity contribution in [3.63, 3.8) is 0 Å². The van der Waals surface area contributed by atoms with E-state index in [4.69, 9.17) is 18.9 Å². The third kappa shape index (κ3) is 5.82. The second-order valence-corrected chi connectivity index (χ2v) is 6.98. The van der Waals surface area contributed by atoms with E-state index in [0.717, 1.165) is 10.6 Å². The van der Waals surface area contributed by atoms with E-state index in [2.05, 4.69) is 5.32 Å². The fourth-order valence-electron chi connectivity index (χ4n) is 2.44. The van der Waals surface area contributed by atoms with Crippen molar-refractivity contribution in [3.05, 3.63) is 48.5 Å². The van der Waals surface area contributed by atoms with Crippen molar-refractivity contribution in [2.45, 2.75) is 11.0 Å². The van der Waals surface area contributed by atoms with Crippen LogP contribution in [-0.2, 0) is 14.3 Å².